The molecule has 0 spiro atoms. The van der Waals surface area contributed by atoms with E-state index < -0.39 is 0 Å². The van der Waals surface area contributed by atoms with Crippen LogP contribution in [0, 0.1) is 11.8 Å². The number of likely N-dealkylation sites (N-methyl/N-ethyl adjacent to an activating group) is 1. The average Bonchev–Trinajstić information content (AvgIpc) is 2.45. The molecule has 1 fully saturated rings. The third kappa shape index (κ3) is 8.42. The molecule has 0 radical (unpaired) electrons. The van der Waals surface area contributed by atoms with Crippen LogP contribution in [0.15, 0.2) is 0 Å². The van der Waals surface area contributed by atoms with Gasteiger partial charge in [0.15, 0.2) is 0 Å². The number of amides is 1. The lowest BCUT2D eigenvalue weighted by Crippen LogP contribution is -2.44. The minimum atomic E-state index is 0.178. The van der Waals surface area contributed by atoms with Gasteiger partial charge in [0, 0.05) is 12.6 Å². The molecule has 4 heteroatoms. The highest BCUT2D eigenvalue weighted by atomic mass is 16.2. The molecule has 1 heterocycles. The van der Waals surface area contributed by atoms with Crippen molar-refractivity contribution in [1.29, 1.82) is 0 Å². The smallest absolute Gasteiger partial charge is 0.234 e. The molecule has 4 nitrogen and oxygen atoms in total. The summed E-state index contributed by atoms with van der Waals surface area (Å²) in [5.74, 6) is 1.58. The molecule has 1 aliphatic rings. The molecule has 0 aromatic rings. The van der Waals surface area contributed by atoms with Gasteiger partial charge in [-0.15, -0.1) is 0 Å². The number of nitrogens with one attached hydrogen (secondary N) is 2. The Kier molecular flexibility index (Phi) is 8.93. The Bertz CT molecular complexity index is 288. The second-order valence-electron chi connectivity index (χ2n) is 6.98. The summed E-state index contributed by atoms with van der Waals surface area (Å²) in [6.07, 6.45) is 4.80. The third-order valence-electron chi connectivity index (χ3n) is 4.31. The molecule has 0 aromatic heterocycles. The topological polar surface area (TPSA) is 44.4 Å². The summed E-state index contributed by atoms with van der Waals surface area (Å²) in [7, 11) is 0. The summed E-state index contributed by atoms with van der Waals surface area (Å²) in [6, 6.07) is 0.287. The number of carbonyl (C=O) groups excluding carboxylic acids is 1. The molecule has 1 rings (SSSR count). The van der Waals surface area contributed by atoms with Crippen LogP contribution >= 0.6 is 0 Å². The van der Waals surface area contributed by atoms with Crippen LogP contribution in [-0.2, 0) is 4.79 Å². The van der Waals surface area contributed by atoms with Crippen LogP contribution in [-0.4, -0.2) is 49.6 Å². The van der Waals surface area contributed by atoms with Crippen LogP contribution in [0.5, 0.6) is 0 Å². The zero-order valence-corrected chi connectivity index (χ0v) is 14.5. The fourth-order valence-electron chi connectivity index (χ4n) is 2.93. The Hall–Kier alpha value is -0.610. The van der Waals surface area contributed by atoms with Gasteiger partial charge in [-0.2, -0.15) is 0 Å². The van der Waals surface area contributed by atoms with Crippen molar-refractivity contribution in [2.45, 2.75) is 59.4 Å². The van der Waals surface area contributed by atoms with E-state index in [1.54, 1.807) is 0 Å². The maximum Gasteiger partial charge on any atom is 0.234 e. The van der Waals surface area contributed by atoms with Gasteiger partial charge >= 0.3 is 0 Å². The number of piperidine rings is 1. The van der Waals surface area contributed by atoms with Gasteiger partial charge in [-0.05, 0) is 64.1 Å². The van der Waals surface area contributed by atoms with Crippen LogP contribution in [0.3, 0.4) is 0 Å². The lowest BCUT2D eigenvalue weighted by Gasteiger charge is -2.29. The molecule has 0 aliphatic carbocycles. The highest BCUT2D eigenvalue weighted by Crippen LogP contribution is 2.11. The van der Waals surface area contributed by atoms with E-state index in [1.807, 2.05) is 0 Å². The lowest BCUT2D eigenvalue weighted by molar-refractivity contribution is -0.123. The molecule has 2 unspecified atom stereocenters. The Balaban J connectivity index is 2.26. The maximum absolute atomic E-state index is 12.1. The SMILES string of the molecule is CCN(CC(=O)NC(C)CCC(C)C)CC1CCCNC1. The van der Waals surface area contributed by atoms with E-state index in [9.17, 15) is 4.79 Å². The van der Waals surface area contributed by atoms with E-state index in [2.05, 4.69) is 43.2 Å². The van der Waals surface area contributed by atoms with E-state index in [4.69, 9.17) is 0 Å². The minimum absolute atomic E-state index is 0.178. The van der Waals surface area contributed by atoms with Gasteiger partial charge < -0.3 is 10.6 Å². The van der Waals surface area contributed by atoms with E-state index in [0.29, 0.717) is 18.4 Å². The number of carbonyl (C=O) groups is 1. The molecule has 1 aliphatic heterocycles. The summed E-state index contributed by atoms with van der Waals surface area (Å²) >= 11 is 0. The molecular formula is C17H35N3O. The maximum atomic E-state index is 12.1. The monoisotopic (exact) mass is 297 g/mol. The van der Waals surface area contributed by atoms with Gasteiger partial charge in [-0.3, -0.25) is 9.69 Å². The average molecular weight is 297 g/mol. The van der Waals surface area contributed by atoms with Crippen LogP contribution in [0.1, 0.15) is 53.4 Å². The van der Waals surface area contributed by atoms with Crippen LogP contribution in [0.25, 0.3) is 0 Å². The van der Waals surface area contributed by atoms with Crippen LogP contribution < -0.4 is 10.6 Å². The first-order valence-electron chi connectivity index (χ1n) is 8.73. The zero-order chi connectivity index (χ0) is 15.7. The van der Waals surface area contributed by atoms with Crippen molar-refractivity contribution in [3.63, 3.8) is 0 Å². The van der Waals surface area contributed by atoms with Gasteiger partial charge in [0.05, 0.1) is 6.54 Å². The summed E-state index contributed by atoms with van der Waals surface area (Å²) < 4.78 is 0. The fourth-order valence-corrected chi connectivity index (χ4v) is 2.93. The standard InChI is InChI=1S/C17H35N3O/c1-5-20(12-16-7-6-10-18-11-16)13-17(21)19-15(4)9-8-14(2)3/h14-16,18H,5-13H2,1-4H3,(H,19,21). The molecule has 0 aromatic carbocycles. The second-order valence-corrected chi connectivity index (χ2v) is 6.98. The van der Waals surface area contributed by atoms with Crippen LogP contribution in [0.2, 0.25) is 0 Å². The molecule has 1 saturated heterocycles. The van der Waals surface area contributed by atoms with Crippen LogP contribution in [0.4, 0.5) is 0 Å². The number of hydrogen-bond acceptors (Lipinski definition) is 3. The summed E-state index contributed by atoms with van der Waals surface area (Å²) in [6.45, 7) is 13.5. The second kappa shape index (κ2) is 10.2. The van der Waals surface area contributed by atoms with Gasteiger partial charge in [0.2, 0.25) is 5.91 Å². The highest BCUT2D eigenvalue weighted by Gasteiger charge is 2.18. The molecule has 21 heavy (non-hydrogen) atoms. The Morgan fingerprint density at radius 2 is 2.10 bits per heavy atom. The normalized spacial score (nSPS) is 20.8. The van der Waals surface area contributed by atoms with Crippen molar-refractivity contribution in [2.75, 3.05) is 32.7 Å². The largest absolute Gasteiger partial charge is 0.353 e. The summed E-state index contributed by atoms with van der Waals surface area (Å²) in [5.41, 5.74) is 0. The fraction of sp³-hybridized carbons (Fsp3) is 0.941. The van der Waals surface area contributed by atoms with E-state index in [-0.39, 0.29) is 11.9 Å². The van der Waals surface area contributed by atoms with E-state index >= 15 is 0 Å². The van der Waals surface area contributed by atoms with Crippen molar-refractivity contribution in [2.24, 2.45) is 11.8 Å². The van der Waals surface area contributed by atoms with Crippen molar-refractivity contribution in [1.82, 2.24) is 15.5 Å². The summed E-state index contributed by atoms with van der Waals surface area (Å²) in [5, 5.41) is 6.59. The van der Waals surface area contributed by atoms with Crippen molar-refractivity contribution >= 4 is 5.91 Å². The minimum Gasteiger partial charge on any atom is -0.353 e. The first-order chi connectivity index (χ1) is 10.0. The Labute approximate surface area is 131 Å². The van der Waals surface area contributed by atoms with Gasteiger partial charge in [-0.1, -0.05) is 20.8 Å². The molecular weight excluding hydrogens is 262 g/mol. The molecule has 2 N–H and O–H groups in total. The lowest BCUT2D eigenvalue weighted by atomic mass is 9.99. The third-order valence-corrected chi connectivity index (χ3v) is 4.31. The van der Waals surface area contributed by atoms with Gasteiger partial charge in [0.1, 0.15) is 0 Å². The molecule has 0 saturated carbocycles. The van der Waals surface area contributed by atoms with Crippen molar-refractivity contribution in [3.8, 4) is 0 Å². The Morgan fingerprint density at radius 1 is 1.33 bits per heavy atom. The number of hydrogen-bond donors (Lipinski definition) is 2. The summed E-state index contributed by atoms with van der Waals surface area (Å²) in [4.78, 5) is 14.4. The molecule has 124 valence electrons. The van der Waals surface area contributed by atoms with Gasteiger partial charge in [-0.25, -0.2) is 0 Å². The quantitative estimate of drug-likeness (QED) is 0.686. The molecule has 0 bridgehead atoms. The molecule has 2 atom stereocenters. The molecule has 1 amide bonds. The van der Waals surface area contributed by atoms with Crippen molar-refractivity contribution in [3.05, 3.63) is 0 Å². The first-order valence-corrected chi connectivity index (χ1v) is 8.73. The van der Waals surface area contributed by atoms with E-state index in [0.717, 1.165) is 32.6 Å². The highest BCUT2D eigenvalue weighted by molar-refractivity contribution is 5.78. The zero-order valence-electron chi connectivity index (χ0n) is 14.5. The Morgan fingerprint density at radius 3 is 2.67 bits per heavy atom. The van der Waals surface area contributed by atoms with Crippen molar-refractivity contribution < 1.29 is 4.79 Å². The predicted octanol–water partition coefficient (Wildman–Crippen LogP) is 2.25. The first kappa shape index (κ1) is 18.4. The van der Waals surface area contributed by atoms with E-state index in [1.165, 1.54) is 19.3 Å². The van der Waals surface area contributed by atoms with Gasteiger partial charge in [0.25, 0.3) is 0 Å². The number of nitrogens with zero attached hydrogens (tertiary/aromatic N) is 1. The predicted molar refractivity (Wildman–Crippen MR) is 89.4 cm³/mol. The number of rotatable bonds is 9.